The molecule has 0 bridgehead atoms. The Hall–Kier alpha value is -4.43. The second-order valence-corrected chi connectivity index (χ2v) is 9.17. The van der Waals surface area contributed by atoms with Crippen LogP contribution in [0.1, 0.15) is 20.8 Å². The fourth-order valence-electron chi connectivity index (χ4n) is 3.71. The van der Waals surface area contributed by atoms with Crippen molar-refractivity contribution in [1.29, 1.82) is 0 Å². The van der Waals surface area contributed by atoms with Gasteiger partial charge in [0.05, 0.1) is 28.9 Å². The van der Waals surface area contributed by atoms with Gasteiger partial charge in [0, 0.05) is 11.2 Å². The molecule has 0 spiro atoms. The third-order valence-electron chi connectivity index (χ3n) is 5.50. The van der Waals surface area contributed by atoms with E-state index in [-0.39, 0.29) is 18.2 Å². The number of hydrogen-bond donors (Lipinski definition) is 3. The molecule has 2 heterocycles. The van der Waals surface area contributed by atoms with E-state index < -0.39 is 0 Å². The van der Waals surface area contributed by atoms with Gasteiger partial charge in [0.1, 0.15) is 0 Å². The van der Waals surface area contributed by atoms with Gasteiger partial charge in [-0.2, -0.15) is 0 Å². The molecule has 0 radical (unpaired) electrons. The van der Waals surface area contributed by atoms with Crippen LogP contribution in [0.15, 0.2) is 91.1 Å². The Bertz CT molecular complexity index is 1490. The number of nitrogens with zero attached hydrogens (tertiary/aromatic N) is 2. The van der Waals surface area contributed by atoms with Crippen molar-refractivity contribution in [3.63, 3.8) is 0 Å². The average molecular weight is 482 g/mol. The molecule has 5 aromatic rings. The second-order valence-electron chi connectivity index (χ2n) is 8.09. The zero-order valence-corrected chi connectivity index (χ0v) is 19.6. The van der Waals surface area contributed by atoms with Gasteiger partial charge in [0.15, 0.2) is 5.82 Å². The van der Waals surface area contributed by atoms with Gasteiger partial charge in [-0.25, -0.2) is 4.68 Å². The first kappa shape index (κ1) is 22.4. The summed E-state index contributed by atoms with van der Waals surface area (Å²) in [7, 11) is 0. The molecule has 0 aliphatic rings. The van der Waals surface area contributed by atoms with Crippen LogP contribution in [-0.4, -0.2) is 21.6 Å². The number of anilines is 2. The predicted molar refractivity (Wildman–Crippen MR) is 140 cm³/mol. The van der Waals surface area contributed by atoms with Crippen LogP contribution in [0.25, 0.3) is 15.8 Å². The van der Waals surface area contributed by atoms with E-state index in [0.29, 0.717) is 22.9 Å². The van der Waals surface area contributed by atoms with Crippen molar-refractivity contribution >= 4 is 44.7 Å². The molecular formula is C27H23N5O2S. The number of benzene rings is 3. The molecule has 0 aliphatic heterocycles. The van der Waals surface area contributed by atoms with Gasteiger partial charge in [-0.05, 0) is 40.8 Å². The molecule has 0 aliphatic carbocycles. The van der Waals surface area contributed by atoms with Crippen LogP contribution in [0.5, 0.6) is 0 Å². The number of para-hydroxylation sites is 1. The van der Waals surface area contributed by atoms with Gasteiger partial charge in [0.25, 0.3) is 5.91 Å². The van der Waals surface area contributed by atoms with Crippen molar-refractivity contribution in [2.75, 3.05) is 11.1 Å². The standard InChI is InChI=1S/C27H23N5O2S/c28-22-17-32(21-9-5-2-6-10-21)31-26(22)30-27(34)24-15-20-12-11-19(13-23(20)35-24)14-25(33)29-16-18-7-3-1-4-8-18/h1-13,15,17H,14,16,28H2,(H,29,33)(H,30,31,34). The molecule has 5 rings (SSSR count). The van der Waals surface area contributed by atoms with Crippen molar-refractivity contribution < 1.29 is 9.59 Å². The molecule has 0 fully saturated rings. The van der Waals surface area contributed by atoms with Crippen LogP contribution in [0.2, 0.25) is 0 Å². The summed E-state index contributed by atoms with van der Waals surface area (Å²) in [6.07, 6.45) is 1.95. The van der Waals surface area contributed by atoms with Crippen LogP contribution < -0.4 is 16.4 Å². The highest BCUT2D eigenvalue weighted by Gasteiger charge is 2.15. The van der Waals surface area contributed by atoms with E-state index in [1.807, 2.05) is 84.9 Å². The fraction of sp³-hybridized carbons (Fsp3) is 0.0741. The number of carbonyl (C=O) groups is 2. The van der Waals surface area contributed by atoms with Crippen molar-refractivity contribution in [3.05, 3.63) is 107 Å². The van der Waals surface area contributed by atoms with E-state index in [4.69, 9.17) is 5.73 Å². The summed E-state index contributed by atoms with van der Waals surface area (Å²) >= 11 is 1.37. The number of aromatic nitrogens is 2. The Balaban J connectivity index is 1.25. The van der Waals surface area contributed by atoms with Crippen LogP contribution >= 0.6 is 11.3 Å². The lowest BCUT2D eigenvalue weighted by Crippen LogP contribution is -2.24. The Kier molecular flexibility index (Phi) is 6.28. The molecule has 3 aromatic carbocycles. The summed E-state index contributed by atoms with van der Waals surface area (Å²) < 4.78 is 2.57. The molecular weight excluding hydrogens is 458 g/mol. The Morgan fingerprint density at radius 2 is 1.66 bits per heavy atom. The summed E-state index contributed by atoms with van der Waals surface area (Å²) in [6.45, 7) is 0.494. The molecule has 0 saturated heterocycles. The number of nitrogens with one attached hydrogen (secondary N) is 2. The highest BCUT2D eigenvalue weighted by atomic mass is 32.1. The van der Waals surface area contributed by atoms with Crippen LogP contribution in [0.4, 0.5) is 11.5 Å². The number of fused-ring (bicyclic) bond motifs is 1. The lowest BCUT2D eigenvalue weighted by molar-refractivity contribution is -0.120. The maximum atomic E-state index is 12.9. The maximum absolute atomic E-state index is 12.9. The topological polar surface area (TPSA) is 102 Å². The monoisotopic (exact) mass is 481 g/mol. The van der Waals surface area contributed by atoms with Crippen LogP contribution in [0.3, 0.4) is 0 Å². The van der Waals surface area contributed by atoms with E-state index in [2.05, 4.69) is 15.7 Å². The highest BCUT2D eigenvalue weighted by Crippen LogP contribution is 2.28. The first-order valence-corrected chi connectivity index (χ1v) is 11.9. The molecule has 8 heteroatoms. The quantitative estimate of drug-likeness (QED) is 0.311. The summed E-state index contributed by atoms with van der Waals surface area (Å²) in [6, 6.07) is 27.0. The molecule has 4 N–H and O–H groups in total. The SMILES string of the molecule is Nc1cn(-c2ccccc2)nc1NC(=O)c1cc2ccc(CC(=O)NCc3ccccc3)cc2s1. The average Bonchev–Trinajstić information content (AvgIpc) is 3.47. The van der Waals surface area contributed by atoms with Gasteiger partial charge >= 0.3 is 0 Å². The Morgan fingerprint density at radius 1 is 0.914 bits per heavy atom. The summed E-state index contributed by atoms with van der Waals surface area (Å²) in [5.74, 6) is -0.0161. The van der Waals surface area contributed by atoms with Gasteiger partial charge < -0.3 is 16.4 Å². The molecule has 35 heavy (non-hydrogen) atoms. The summed E-state index contributed by atoms with van der Waals surface area (Å²) in [5.41, 5.74) is 9.25. The summed E-state index contributed by atoms with van der Waals surface area (Å²) in [5, 5.41) is 11.1. The van der Waals surface area contributed by atoms with E-state index in [1.165, 1.54) is 11.3 Å². The number of carbonyl (C=O) groups excluding carboxylic acids is 2. The fourth-order valence-corrected chi connectivity index (χ4v) is 4.73. The number of hydrogen-bond acceptors (Lipinski definition) is 5. The third-order valence-corrected chi connectivity index (χ3v) is 6.60. The minimum atomic E-state index is -0.279. The van der Waals surface area contributed by atoms with Crippen molar-refractivity contribution in [1.82, 2.24) is 15.1 Å². The highest BCUT2D eigenvalue weighted by molar-refractivity contribution is 7.20. The van der Waals surface area contributed by atoms with E-state index in [1.54, 1.807) is 10.9 Å². The van der Waals surface area contributed by atoms with Gasteiger partial charge in [-0.15, -0.1) is 16.4 Å². The van der Waals surface area contributed by atoms with E-state index in [0.717, 1.165) is 26.9 Å². The van der Waals surface area contributed by atoms with Crippen LogP contribution in [0, 0.1) is 0 Å². The molecule has 0 unspecified atom stereocenters. The molecule has 2 amide bonds. The number of amides is 2. The van der Waals surface area contributed by atoms with Crippen molar-refractivity contribution in [3.8, 4) is 5.69 Å². The first-order chi connectivity index (χ1) is 17.0. The zero-order valence-electron chi connectivity index (χ0n) is 18.8. The van der Waals surface area contributed by atoms with Crippen molar-refractivity contribution in [2.45, 2.75) is 13.0 Å². The molecule has 2 aromatic heterocycles. The van der Waals surface area contributed by atoms with Crippen LogP contribution in [-0.2, 0) is 17.8 Å². The smallest absolute Gasteiger partial charge is 0.267 e. The van der Waals surface area contributed by atoms with Gasteiger partial charge in [0.2, 0.25) is 5.91 Å². The normalized spacial score (nSPS) is 10.9. The maximum Gasteiger partial charge on any atom is 0.267 e. The number of rotatable bonds is 7. The predicted octanol–water partition coefficient (Wildman–Crippen LogP) is 4.78. The van der Waals surface area contributed by atoms with Crippen molar-refractivity contribution in [2.24, 2.45) is 0 Å². The molecule has 0 atom stereocenters. The van der Waals surface area contributed by atoms with Gasteiger partial charge in [-0.3, -0.25) is 9.59 Å². The lowest BCUT2D eigenvalue weighted by Gasteiger charge is -2.05. The minimum Gasteiger partial charge on any atom is -0.394 e. The lowest BCUT2D eigenvalue weighted by atomic mass is 10.1. The number of thiophene rings is 1. The Labute approximate surface area is 206 Å². The first-order valence-electron chi connectivity index (χ1n) is 11.1. The number of nitrogens with two attached hydrogens (primary N) is 1. The molecule has 7 nitrogen and oxygen atoms in total. The van der Waals surface area contributed by atoms with Gasteiger partial charge in [-0.1, -0.05) is 60.7 Å². The zero-order chi connectivity index (χ0) is 24.2. The van der Waals surface area contributed by atoms with E-state index in [9.17, 15) is 9.59 Å². The second kappa shape index (κ2) is 9.82. The number of nitrogen functional groups attached to an aromatic ring is 1. The molecule has 174 valence electrons. The third kappa shape index (κ3) is 5.23. The van der Waals surface area contributed by atoms with E-state index >= 15 is 0 Å². The minimum absolute atomic E-state index is 0.0489. The summed E-state index contributed by atoms with van der Waals surface area (Å²) in [4.78, 5) is 25.8. The molecule has 0 saturated carbocycles. The Morgan fingerprint density at radius 3 is 2.43 bits per heavy atom. The largest absolute Gasteiger partial charge is 0.394 e.